The number of ether oxygens (including phenoxy) is 1. The van der Waals surface area contributed by atoms with E-state index in [9.17, 15) is 4.79 Å². The summed E-state index contributed by atoms with van der Waals surface area (Å²) < 4.78 is 5.42. The fourth-order valence-corrected chi connectivity index (χ4v) is 3.97. The molecule has 0 spiro atoms. The van der Waals surface area contributed by atoms with Gasteiger partial charge in [-0.05, 0) is 23.3 Å². The Kier molecular flexibility index (Phi) is 13.0. The number of carbonyl (C=O) groups is 1. The maximum atomic E-state index is 12.1. The van der Waals surface area contributed by atoms with Crippen LogP contribution < -0.4 is 0 Å². The van der Waals surface area contributed by atoms with Crippen LogP contribution in [-0.2, 0) is 4.74 Å². The topological polar surface area (TPSA) is 45.7 Å². The minimum absolute atomic E-state index is 0. The summed E-state index contributed by atoms with van der Waals surface area (Å²) in [6.45, 7) is 5.04. The maximum Gasteiger partial charge on any atom is 0.338 e. The highest BCUT2D eigenvalue weighted by atomic mass is 35.5. The molecule has 1 aliphatic rings. The lowest BCUT2D eigenvalue weighted by Crippen LogP contribution is -2.48. The quantitative estimate of drug-likeness (QED) is 0.423. The molecule has 1 fully saturated rings. The number of benzene rings is 2. The Morgan fingerprint density at radius 3 is 1.82 bits per heavy atom. The molecule has 0 radical (unpaired) electrons. The number of carbonyl (C=O) groups excluding carboxylic acids is 1. The van der Waals surface area contributed by atoms with Crippen LogP contribution in [0.2, 0.25) is 0 Å². The molecule has 0 aliphatic carbocycles. The Bertz CT molecular complexity index is 886. The van der Waals surface area contributed by atoms with Crippen LogP contribution in [0.4, 0.5) is 0 Å². The predicted octanol–water partition coefficient (Wildman–Crippen LogP) is 4.91. The van der Waals surface area contributed by atoms with E-state index in [1.165, 1.54) is 11.1 Å². The fourth-order valence-electron chi connectivity index (χ4n) is 3.97. The first kappa shape index (κ1) is 28.9. The van der Waals surface area contributed by atoms with Crippen molar-refractivity contribution in [3.05, 3.63) is 102 Å². The first-order valence-corrected chi connectivity index (χ1v) is 10.4. The van der Waals surface area contributed by atoms with E-state index in [-0.39, 0.29) is 49.2 Å². The first-order chi connectivity index (χ1) is 14.8. The normalized spacial score (nSPS) is 13.8. The lowest BCUT2D eigenvalue weighted by atomic mass is 9.96. The second-order valence-corrected chi connectivity index (χ2v) is 7.47. The first-order valence-electron chi connectivity index (χ1n) is 10.4. The number of esters is 1. The van der Waals surface area contributed by atoms with Gasteiger partial charge in [0.2, 0.25) is 0 Å². The van der Waals surface area contributed by atoms with Crippen molar-refractivity contribution >= 4 is 43.2 Å². The van der Waals surface area contributed by atoms with Crippen LogP contribution in [0.5, 0.6) is 0 Å². The summed E-state index contributed by atoms with van der Waals surface area (Å²) in [6, 6.07) is 25.0. The molecular formula is C25H30Cl3N3O2. The Morgan fingerprint density at radius 2 is 1.30 bits per heavy atom. The Labute approximate surface area is 214 Å². The Balaban J connectivity index is 0.00000181. The van der Waals surface area contributed by atoms with Gasteiger partial charge in [-0.3, -0.25) is 14.8 Å². The van der Waals surface area contributed by atoms with Crippen molar-refractivity contribution in [1.29, 1.82) is 0 Å². The van der Waals surface area contributed by atoms with Crippen LogP contribution in [0.1, 0.15) is 27.5 Å². The van der Waals surface area contributed by atoms with Crippen LogP contribution in [-0.4, -0.2) is 60.1 Å². The van der Waals surface area contributed by atoms with Gasteiger partial charge in [-0.2, -0.15) is 0 Å². The lowest BCUT2D eigenvalue weighted by Gasteiger charge is -2.39. The second kappa shape index (κ2) is 14.9. The van der Waals surface area contributed by atoms with Gasteiger partial charge in [-0.15, -0.1) is 37.2 Å². The highest BCUT2D eigenvalue weighted by Crippen LogP contribution is 2.29. The average Bonchev–Trinajstić information content (AvgIpc) is 2.82. The number of hydrogen-bond donors (Lipinski definition) is 0. The summed E-state index contributed by atoms with van der Waals surface area (Å²) in [7, 11) is 0. The van der Waals surface area contributed by atoms with E-state index in [1.807, 2.05) is 0 Å². The van der Waals surface area contributed by atoms with E-state index in [0.29, 0.717) is 12.2 Å². The molecule has 2 aromatic carbocycles. The molecule has 4 rings (SSSR count). The Hall–Kier alpha value is -2.15. The number of rotatable bonds is 7. The molecule has 178 valence electrons. The zero-order chi connectivity index (χ0) is 20.6. The molecule has 2 heterocycles. The van der Waals surface area contributed by atoms with Crippen LogP contribution in [0.3, 0.4) is 0 Å². The van der Waals surface area contributed by atoms with Gasteiger partial charge in [0.15, 0.2) is 0 Å². The number of hydrogen-bond acceptors (Lipinski definition) is 5. The van der Waals surface area contributed by atoms with Crippen LogP contribution >= 0.6 is 37.2 Å². The molecular weight excluding hydrogens is 481 g/mol. The summed E-state index contributed by atoms with van der Waals surface area (Å²) in [6.07, 6.45) is 3.21. The van der Waals surface area contributed by atoms with Crippen molar-refractivity contribution in [3.8, 4) is 0 Å². The average molecular weight is 511 g/mol. The molecule has 8 heteroatoms. The summed E-state index contributed by atoms with van der Waals surface area (Å²) in [5.41, 5.74) is 3.19. The van der Waals surface area contributed by atoms with Crippen molar-refractivity contribution in [1.82, 2.24) is 14.8 Å². The van der Waals surface area contributed by atoms with Gasteiger partial charge in [0.05, 0.1) is 11.6 Å². The molecule has 0 atom stereocenters. The summed E-state index contributed by atoms with van der Waals surface area (Å²) in [5, 5.41) is 0. The maximum absolute atomic E-state index is 12.1. The highest BCUT2D eigenvalue weighted by Gasteiger charge is 2.26. The third kappa shape index (κ3) is 7.98. The van der Waals surface area contributed by atoms with Crippen molar-refractivity contribution in [2.75, 3.05) is 39.3 Å². The molecule has 1 aromatic heterocycles. The van der Waals surface area contributed by atoms with Gasteiger partial charge in [0.1, 0.15) is 6.61 Å². The Morgan fingerprint density at radius 1 is 0.788 bits per heavy atom. The van der Waals surface area contributed by atoms with Gasteiger partial charge < -0.3 is 4.74 Å². The number of pyridine rings is 1. The van der Waals surface area contributed by atoms with E-state index in [1.54, 1.807) is 24.5 Å². The molecule has 5 nitrogen and oxygen atoms in total. The van der Waals surface area contributed by atoms with Gasteiger partial charge in [0.25, 0.3) is 0 Å². The summed E-state index contributed by atoms with van der Waals surface area (Å²) in [4.78, 5) is 20.9. The minimum Gasteiger partial charge on any atom is -0.461 e. The molecule has 0 saturated carbocycles. The summed E-state index contributed by atoms with van der Waals surface area (Å²) in [5.74, 6) is -0.288. The molecule has 0 N–H and O–H groups in total. The molecule has 33 heavy (non-hydrogen) atoms. The van der Waals surface area contributed by atoms with Gasteiger partial charge in [0, 0.05) is 45.1 Å². The van der Waals surface area contributed by atoms with Crippen molar-refractivity contribution in [2.45, 2.75) is 6.04 Å². The van der Waals surface area contributed by atoms with Crippen molar-refractivity contribution in [3.63, 3.8) is 0 Å². The van der Waals surface area contributed by atoms with Gasteiger partial charge in [-0.25, -0.2) is 4.79 Å². The minimum atomic E-state index is -0.288. The molecule has 0 unspecified atom stereocenters. The second-order valence-electron chi connectivity index (χ2n) is 7.47. The third-order valence-electron chi connectivity index (χ3n) is 5.56. The van der Waals surface area contributed by atoms with Gasteiger partial charge >= 0.3 is 5.97 Å². The van der Waals surface area contributed by atoms with Crippen LogP contribution in [0.15, 0.2) is 85.2 Å². The molecule has 1 saturated heterocycles. The molecule has 3 aromatic rings. The fraction of sp³-hybridized carbons (Fsp3) is 0.280. The van der Waals surface area contributed by atoms with E-state index >= 15 is 0 Å². The number of piperazine rings is 1. The standard InChI is InChI=1S/C25H27N3O2.3ClH/c29-25(23-11-13-26-14-12-23)30-20-19-27-15-17-28(18-16-27)24(21-7-3-1-4-8-21)22-9-5-2-6-10-22;;;/h1-14,24H,15-20H2;3*1H. The van der Waals surface area contributed by atoms with Crippen molar-refractivity contribution in [2.24, 2.45) is 0 Å². The molecule has 0 bridgehead atoms. The SMILES string of the molecule is Cl.Cl.Cl.O=C(OCCN1CCN(C(c2ccccc2)c2ccccc2)CC1)c1ccncc1. The zero-order valence-electron chi connectivity index (χ0n) is 18.3. The van der Waals surface area contributed by atoms with E-state index in [0.717, 1.165) is 32.7 Å². The number of aromatic nitrogens is 1. The van der Waals surface area contributed by atoms with E-state index in [4.69, 9.17) is 4.74 Å². The summed E-state index contributed by atoms with van der Waals surface area (Å²) >= 11 is 0. The zero-order valence-corrected chi connectivity index (χ0v) is 20.7. The smallest absolute Gasteiger partial charge is 0.338 e. The molecule has 1 aliphatic heterocycles. The van der Waals surface area contributed by atoms with E-state index in [2.05, 4.69) is 75.4 Å². The molecule has 0 amide bonds. The number of halogens is 3. The lowest BCUT2D eigenvalue weighted by molar-refractivity contribution is 0.0407. The predicted molar refractivity (Wildman–Crippen MR) is 139 cm³/mol. The van der Waals surface area contributed by atoms with Crippen LogP contribution in [0.25, 0.3) is 0 Å². The van der Waals surface area contributed by atoms with Gasteiger partial charge in [-0.1, -0.05) is 60.7 Å². The third-order valence-corrected chi connectivity index (χ3v) is 5.56. The van der Waals surface area contributed by atoms with Crippen molar-refractivity contribution < 1.29 is 9.53 Å². The van der Waals surface area contributed by atoms with Crippen LogP contribution in [0, 0.1) is 0 Å². The number of nitrogens with zero attached hydrogens (tertiary/aromatic N) is 3. The monoisotopic (exact) mass is 509 g/mol. The largest absolute Gasteiger partial charge is 0.461 e. The highest BCUT2D eigenvalue weighted by molar-refractivity contribution is 5.89. The van der Waals surface area contributed by atoms with E-state index < -0.39 is 0 Å².